The summed E-state index contributed by atoms with van der Waals surface area (Å²) >= 11 is 0. The second-order valence-corrected chi connectivity index (χ2v) is 7.90. The third-order valence-corrected chi connectivity index (χ3v) is 5.18. The normalized spacial score (nSPS) is 27.6. The molecular weight excluding hydrogens is 437 g/mol. The van der Waals surface area contributed by atoms with Crippen molar-refractivity contribution in [1.29, 1.82) is 0 Å². The molecule has 1 unspecified atom stereocenters. The van der Waals surface area contributed by atoms with Gasteiger partial charge in [0.2, 0.25) is 17.4 Å². The molecule has 1 aromatic heterocycles. The number of alkyl halides is 3. The molecule has 1 aliphatic rings. The monoisotopic (exact) mass is 454 g/mol. The van der Waals surface area contributed by atoms with Crippen molar-refractivity contribution < 1.29 is 50.6 Å². The van der Waals surface area contributed by atoms with Crippen LogP contribution in [0.4, 0.5) is 13.2 Å². The molecule has 14 heteroatoms. The lowest BCUT2D eigenvalue weighted by Crippen LogP contribution is -2.63. The molecule has 3 rings (SSSR count). The topological polar surface area (TPSA) is 151 Å². The van der Waals surface area contributed by atoms with Crippen LogP contribution in [0.15, 0.2) is 30.3 Å². The zero-order valence-electron chi connectivity index (χ0n) is 15.1. The van der Waals surface area contributed by atoms with Crippen molar-refractivity contribution in [3.8, 4) is 11.5 Å². The highest BCUT2D eigenvalue weighted by atomic mass is 32.2. The van der Waals surface area contributed by atoms with Gasteiger partial charge in [-0.1, -0.05) is 18.2 Å². The second-order valence-electron chi connectivity index (χ2n) is 6.41. The molecule has 10 nitrogen and oxygen atoms in total. The Balaban J connectivity index is 1.96. The molecule has 1 aromatic carbocycles. The summed E-state index contributed by atoms with van der Waals surface area (Å²) in [5.41, 5.74) is -4.03. The van der Waals surface area contributed by atoms with Gasteiger partial charge >= 0.3 is 6.18 Å². The van der Waals surface area contributed by atoms with E-state index in [0.717, 1.165) is 0 Å². The molecule has 1 saturated heterocycles. The van der Waals surface area contributed by atoms with Crippen LogP contribution in [0.1, 0.15) is 11.4 Å². The van der Waals surface area contributed by atoms with Crippen LogP contribution in [0, 0.1) is 6.92 Å². The molecule has 4 N–H and O–H groups in total. The molecule has 0 spiro atoms. The summed E-state index contributed by atoms with van der Waals surface area (Å²) in [5, 5.41) is 25.9. The summed E-state index contributed by atoms with van der Waals surface area (Å²) in [7, 11) is -5.07. The molecule has 30 heavy (non-hydrogen) atoms. The number of H-pyrrole nitrogens is 1. The van der Waals surface area contributed by atoms with Gasteiger partial charge < -0.3 is 24.4 Å². The van der Waals surface area contributed by atoms with E-state index in [1.165, 1.54) is 19.1 Å². The summed E-state index contributed by atoms with van der Waals surface area (Å²) < 4.78 is 87.6. The van der Waals surface area contributed by atoms with E-state index >= 15 is 0 Å². The van der Waals surface area contributed by atoms with Crippen LogP contribution in [-0.4, -0.2) is 63.4 Å². The number of benzene rings is 1. The maximum Gasteiger partial charge on any atom is 0.438 e. The van der Waals surface area contributed by atoms with Gasteiger partial charge in [-0.2, -0.15) is 26.7 Å². The fourth-order valence-corrected chi connectivity index (χ4v) is 3.57. The maximum atomic E-state index is 13.2. The fraction of sp³-hybridized carbons (Fsp3) is 0.438. The summed E-state index contributed by atoms with van der Waals surface area (Å²) in [4.78, 5) is 0. The van der Waals surface area contributed by atoms with Gasteiger partial charge in [0, 0.05) is 0 Å². The minimum atomic E-state index is -5.07. The standard InChI is InChI=1S/C16H17F3N2O8S/c1-7-11(13(21-20-7)16(17,18)19)28-12-9(22)14(27-8-5-3-2-4-6-8)29-15(10(12)23)30(24,25)26/h2-6,9-10,12,14-15,22-23H,1H3,(H,20,21)(H,24,25,26)/t9-,10+,12-,14-,15?/m1/s1. The number of para-hydroxylation sites is 1. The Labute approximate surface area is 167 Å². The van der Waals surface area contributed by atoms with E-state index in [1.807, 2.05) is 0 Å². The number of rotatable bonds is 5. The molecular formula is C16H17F3N2O8S. The van der Waals surface area contributed by atoms with Crippen molar-refractivity contribution in [2.75, 3.05) is 0 Å². The van der Waals surface area contributed by atoms with Crippen LogP contribution in [0.3, 0.4) is 0 Å². The first-order chi connectivity index (χ1) is 13.9. The van der Waals surface area contributed by atoms with Crippen LogP contribution in [0.25, 0.3) is 0 Å². The van der Waals surface area contributed by atoms with Gasteiger partial charge in [-0.15, -0.1) is 0 Å². The zero-order chi connectivity index (χ0) is 22.3. The van der Waals surface area contributed by atoms with Crippen molar-refractivity contribution in [3.05, 3.63) is 41.7 Å². The number of aliphatic hydroxyl groups excluding tert-OH is 2. The minimum absolute atomic E-state index is 0.112. The van der Waals surface area contributed by atoms with Crippen LogP contribution >= 0.6 is 0 Å². The van der Waals surface area contributed by atoms with Crippen molar-refractivity contribution in [2.45, 2.75) is 43.1 Å². The highest BCUT2D eigenvalue weighted by molar-refractivity contribution is 7.86. The number of ether oxygens (including phenoxy) is 3. The third-order valence-electron chi connectivity index (χ3n) is 4.20. The van der Waals surface area contributed by atoms with Gasteiger partial charge in [0.1, 0.15) is 11.9 Å². The van der Waals surface area contributed by atoms with E-state index in [1.54, 1.807) is 18.2 Å². The molecule has 0 saturated carbocycles. The fourth-order valence-electron chi connectivity index (χ4n) is 2.81. The largest absolute Gasteiger partial charge is 0.480 e. The van der Waals surface area contributed by atoms with Crippen molar-refractivity contribution in [1.82, 2.24) is 10.2 Å². The van der Waals surface area contributed by atoms with E-state index in [4.69, 9.17) is 14.2 Å². The van der Waals surface area contributed by atoms with Gasteiger partial charge in [-0.3, -0.25) is 9.65 Å². The smallest absolute Gasteiger partial charge is 0.438 e. The molecule has 0 aliphatic carbocycles. The van der Waals surface area contributed by atoms with Crippen LogP contribution < -0.4 is 9.47 Å². The van der Waals surface area contributed by atoms with E-state index in [2.05, 4.69) is 10.2 Å². The number of aromatic amines is 1. The summed E-state index contributed by atoms with van der Waals surface area (Å²) in [6.07, 6.45) is -13.0. The molecule has 0 radical (unpaired) electrons. The number of halogens is 3. The summed E-state index contributed by atoms with van der Waals surface area (Å²) in [5.74, 6) is -0.749. The molecule has 0 amide bonds. The van der Waals surface area contributed by atoms with Crippen LogP contribution in [0.5, 0.6) is 11.5 Å². The molecule has 0 bridgehead atoms. The molecule has 5 atom stereocenters. The molecule has 1 fully saturated rings. The number of hydrogen-bond acceptors (Lipinski definition) is 8. The zero-order valence-corrected chi connectivity index (χ0v) is 16.0. The van der Waals surface area contributed by atoms with Gasteiger partial charge in [0.25, 0.3) is 10.1 Å². The first-order valence-electron chi connectivity index (χ1n) is 8.38. The van der Waals surface area contributed by atoms with E-state index in [9.17, 15) is 36.4 Å². The summed E-state index contributed by atoms with van der Waals surface area (Å²) in [6, 6.07) is 7.61. The Morgan fingerprint density at radius 1 is 1.13 bits per heavy atom. The summed E-state index contributed by atoms with van der Waals surface area (Å²) in [6.45, 7) is 1.19. The third kappa shape index (κ3) is 4.52. The molecule has 2 aromatic rings. The second kappa shape index (κ2) is 8.03. The van der Waals surface area contributed by atoms with E-state index in [0.29, 0.717) is 0 Å². The van der Waals surface area contributed by atoms with Crippen LogP contribution in [-0.2, 0) is 21.0 Å². The van der Waals surface area contributed by atoms with E-state index in [-0.39, 0.29) is 11.4 Å². The predicted octanol–water partition coefficient (Wildman–Crippen LogP) is 0.855. The average molecular weight is 454 g/mol. The molecule has 166 valence electrons. The minimum Gasteiger partial charge on any atom is -0.480 e. The lowest BCUT2D eigenvalue weighted by molar-refractivity contribution is -0.249. The number of aliphatic hydroxyl groups is 2. The van der Waals surface area contributed by atoms with E-state index < -0.39 is 57.8 Å². The lowest BCUT2D eigenvalue weighted by Gasteiger charge is -2.40. The van der Waals surface area contributed by atoms with Gasteiger partial charge in [-0.05, 0) is 19.1 Å². The Morgan fingerprint density at radius 2 is 1.77 bits per heavy atom. The Morgan fingerprint density at radius 3 is 2.33 bits per heavy atom. The molecule has 2 heterocycles. The first kappa shape index (κ1) is 22.3. The highest BCUT2D eigenvalue weighted by Crippen LogP contribution is 2.38. The molecule has 1 aliphatic heterocycles. The van der Waals surface area contributed by atoms with Crippen molar-refractivity contribution >= 4 is 10.1 Å². The maximum absolute atomic E-state index is 13.2. The van der Waals surface area contributed by atoms with Gasteiger partial charge in [0.15, 0.2) is 18.0 Å². The highest BCUT2D eigenvalue weighted by Gasteiger charge is 2.53. The van der Waals surface area contributed by atoms with Crippen molar-refractivity contribution in [3.63, 3.8) is 0 Å². The average Bonchev–Trinajstić information content (AvgIpc) is 3.01. The Bertz CT molecular complexity index is 982. The quantitative estimate of drug-likeness (QED) is 0.482. The SMILES string of the molecule is Cc1[nH]nc(C(F)(F)F)c1O[C@@H]1[C@@H](O)[C@H](Oc2ccccc2)OC(S(=O)(=O)O)[C@H]1O. The van der Waals surface area contributed by atoms with Gasteiger partial charge in [0.05, 0.1) is 5.69 Å². The Kier molecular flexibility index (Phi) is 5.97. The number of nitrogens with zero attached hydrogens (tertiary/aromatic N) is 1. The van der Waals surface area contributed by atoms with Crippen LogP contribution in [0.2, 0.25) is 0 Å². The number of nitrogens with one attached hydrogen (secondary N) is 1. The first-order valence-corrected chi connectivity index (χ1v) is 9.88. The predicted molar refractivity (Wildman–Crippen MR) is 92.0 cm³/mol. The number of aryl methyl sites for hydroxylation is 1. The Hall–Kier alpha value is -2.39. The number of hydrogen-bond donors (Lipinski definition) is 4. The number of aromatic nitrogens is 2. The van der Waals surface area contributed by atoms with Crippen molar-refractivity contribution in [2.24, 2.45) is 0 Å². The lowest BCUT2D eigenvalue weighted by atomic mass is 10.0. The van der Waals surface area contributed by atoms with Gasteiger partial charge in [-0.25, -0.2) is 0 Å².